The van der Waals surface area contributed by atoms with E-state index in [0.29, 0.717) is 55.2 Å². The Morgan fingerprint density at radius 3 is 2.43 bits per heavy atom. The fraction of sp³-hybridized carbons (Fsp3) is 0.387. The van der Waals surface area contributed by atoms with E-state index in [-0.39, 0.29) is 22.4 Å². The van der Waals surface area contributed by atoms with Crippen molar-refractivity contribution < 1.29 is 17.6 Å². The number of benzene rings is 2. The Labute approximate surface area is 255 Å². The molecule has 4 heterocycles. The molecule has 3 aliphatic rings. The number of ketones is 1. The molecule has 1 atom stereocenters. The van der Waals surface area contributed by atoms with Gasteiger partial charge in [-0.25, -0.2) is 12.8 Å². The summed E-state index contributed by atoms with van der Waals surface area (Å²) >= 11 is 0. The summed E-state index contributed by atoms with van der Waals surface area (Å²) in [5.41, 5.74) is 2.53. The van der Waals surface area contributed by atoms with Crippen molar-refractivity contribution in [1.29, 1.82) is 0 Å². The third-order valence-electron chi connectivity index (χ3n) is 8.68. The SMILES string of the molecule is CN1CCN(c2ccc(Nc3nc(N[C@H]4CCN(S(=O)(=O)C5CC5)C4)c4c(C(=O)c5ccccc5F)c[nH]c4n3)cc2)CC1. The van der Waals surface area contributed by atoms with Crippen LogP contribution in [0, 0.1) is 5.82 Å². The Hall–Kier alpha value is -4.07. The number of hydrogen-bond donors (Lipinski definition) is 3. The molecule has 11 nitrogen and oxygen atoms in total. The fourth-order valence-corrected chi connectivity index (χ4v) is 7.86. The number of piperazine rings is 1. The Morgan fingerprint density at radius 2 is 1.70 bits per heavy atom. The highest BCUT2D eigenvalue weighted by atomic mass is 32.2. The molecule has 13 heteroatoms. The summed E-state index contributed by atoms with van der Waals surface area (Å²) in [5, 5.41) is 6.83. The number of carbonyl (C=O) groups is 1. The van der Waals surface area contributed by atoms with Gasteiger partial charge in [0.25, 0.3) is 0 Å². The first-order chi connectivity index (χ1) is 21.3. The second-order valence-corrected chi connectivity index (χ2v) is 14.0. The predicted octanol–water partition coefficient (Wildman–Crippen LogP) is 3.80. The van der Waals surface area contributed by atoms with Gasteiger partial charge in [-0.2, -0.15) is 14.3 Å². The van der Waals surface area contributed by atoms with Crippen LogP contribution >= 0.6 is 0 Å². The molecule has 0 unspecified atom stereocenters. The van der Waals surface area contributed by atoms with Crippen molar-refractivity contribution in [2.75, 3.05) is 61.8 Å². The van der Waals surface area contributed by atoms with Crippen LogP contribution in [0.2, 0.25) is 0 Å². The Kier molecular flexibility index (Phi) is 7.47. The summed E-state index contributed by atoms with van der Waals surface area (Å²) in [6.45, 7) is 4.71. The van der Waals surface area contributed by atoms with Crippen LogP contribution in [0.25, 0.3) is 11.0 Å². The molecule has 230 valence electrons. The van der Waals surface area contributed by atoms with E-state index < -0.39 is 21.6 Å². The summed E-state index contributed by atoms with van der Waals surface area (Å²) in [4.78, 5) is 30.7. The molecule has 4 aromatic rings. The highest BCUT2D eigenvalue weighted by Gasteiger charge is 2.43. The number of halogens is 1. The molecule has 2 aromatic heterocycles. The van der Waals surface area contributed by atoms with Gasteiger partial charge >= 0.3 is 0 Å². The van der Waals surface area contributed by atoms with Gasteiger partial charge in [-0.05, 0) is 62.7 Å². The quantitative estimate of drug-likeness (QED) is 0.240. The van der Waals surface area contributed by atoms with E-state index in [1.54, 1.807) is 10.4 Å². The second kappa shape index (κ2) is 11.5. The normalized spacial score (nSPS) is 19.9. The molecule has 44 heavy (non-hydrogen) atoms. The van der Waals surface area contributed by atoms with Crippen molar-refractivity contribution in [2.45, 2.75) is 30.6 Å². The van der Waals surface area contributed by atoms with Gasteiger partial charge in [0.2, 0.25) is 16.0 Å². The molecule has 0 amide bonds. The minimum atomic E-state index is -3.31. The summed E-state index contributed by atoms with van der Waals surface area (Å²) in [5.74, 6) is -0.425. The number of carbonyl (C=O) groups excluding carboxylic acids is 1. The van der Waals surface area contributed by atoms with E-state index >= 15 is 0 Å². The topological polar surface area (TPSA) is 127 Å². The van der Waals surface area contributed by atoms with Gasteiger partial charge in [0.15, 0.2) is 5.78 Å². The molecule has 7 rings (SSSR count). The van der Waals surface area contributed by atoms with Gasteiger partial charge in [0.05, 0.1) is 21.8 Å². The van der Waals surface area contributed by atoms with Crippen LogP contribution in [0.4, 0.5) is 27.5 Å². The van der Waals surface area contributed by atoms with Crippen molar-refractivity contribution in [3.63, 3.8) is 0 Å². The number of nitrogens with zero attached hydrogens (tertiary/aromatic N) is 5. The number of aromatic amines is 1. The van der Waals surface area contributed by atoms with E-state index in [0.717, 1.165) is 37.6 Å². The molecular weight excluding hydrogens is 583 g/mol. The van der Waals surface area contributed by atoms with Gasteiger partial charge in [-0.3, -0.25) is 4.79 Å². The van der Waals surface area contributed by atoms with Crippen molar-refractivity contribution in [2.24, 2.45) is 0 Å². The number of hydrogen-bond acceptors (Lipinski definition) is 9. The van der Waals surface area contributed by atoms with Crippen LogP contribution in [0.5, 0.6) is 0 Å². The van der Waals surface area contributed by atoms with E-state index in [2.05, 4.69) is 49.6 Å². The number of rotatable bonds is 9. The lowest BCUT2D eigenvalue weighted by Gasteiger charge is -2.34. The molecule has 1 aliphatic carbocycles. The molecule has 3 N–H and O–H groups in total. The van der Waals surface area contributed by atoms with Crippen LogP contribution in [-0.4, -0.2) is 96.0 Å². The second-order valence-electron chi connectivity index (χ2n) is 11.8. The lowest BCUT2D eigenvalue weighted by atomic mass is 10.0. The molecule has 2 saturated heterocycles. The molecule has 3 fully saturated rings. The molecule has 2 aromatic carbocycles. The molecular formula is C31H35FN8O3S. The molecule has 0 radical (unpaired) electrons. The Morgan fingerprint density at radius 1 is 0.955 bits per heavy atom. The molecule has 2 aliphatic heterocycles. The van der Waals surface area contributed by atoms with Gasteiger partial charge in [-0.15, -0.1) is 0 Å². The Balaban J connectivity index is 1.19. The van der Waals surface area contributed by atoms with Gasteiger partial charge in [0.1, 0.15) is 17.3 Å². The zero-order valence-corrected chi connectivity index (χ0v) is 25.3. The van der Waals surface area contributed by atoms with Crippen LogP contribution in [0.1, 0.15) is 35.2 Å². The van der Waals surface area contributed by atoms with E-state index in [1.165, 1.54) is 24.4 Å². The first-order valence-electron chi connectivity index (χ1n) is 15.0. The number of nitrogens with one attached hydrogen (secondary N) is 3. The van der Waals surface area contributed by atoms with Crippen LogP contribution in [0.3, 0.4) is 0 Å². The molecule has 0 spiro atoms. The van der Waals surface area contributed by atoms with Crippen LogP contribution in [-0.2, 0) is 10.0 Å². The van der Waals surface area contributed by atoms with E-state index in [9.17, 15) is 17.6 Å². The largest absolute Gasteiger partial charge is 0.369 e. The maximum atomic E-state index is 14.6. The monoisotopic (exact) mass is 618 g/mol. The number of anilines is 4. The third kappa shape index (κ3) is 5.62. The Bertz CT molecular complexity index is 1800. The van der Waals surface area contributed by atoms with E-state index in [1.807, 2.05) is 12.1 Å². The summed E-state index contributed by atoms with van der Waals surface area (Å²) < 4.78 is 41.9. The van der Waals surface area contributed by atoms with Gasteiger partial charge < -0.3 is 25.4 Å². The zero-order valence-electron chi connectivity index (χ0n) is 24.5. The summed E-state index contributed by atoms with van der Waals surface area (Å²) in [6, 6.07) is 13.7. The van der Waals surface area contributed by atoms with Crippen molar-refractivity contribution in [3.05, 3.63) is 71.7 Å². The van der Waals surface area contributed by atoms with Crippen molar-refractivity contribution in [3.8, 4) is 0 Å². The number of sulfonamides is 1. The van der Waals surface area contributed by atoms with Gasteiger partial charge in [-0.1, -0.05) is 12.1 Å². The maximum Gasteiger partial charge on any atom is 0.231 e. The minimum Gasteiger partial charge on any atom is -0.369 e. The van der Waals surface area contributed by atoms with Crippen molar-refractivity contribution >= 4 is 50.0 Å². The lowest BCUT2D eigenvalue weighted by Crippen LogP contribution is -2.44. The number of H-pyrrole nitrogens is 1. The van der Waals surface area contributed by atoms with Crippen LogP contribution in [0.15, 0.2) is 54.7 Å². The maximum absolute atomic E-state index is 14.6. The van der Waals surface area contributed by atoms with Crippen LogP contribution < -0.4 is 15.5 Å². The average Bonchev–Trinajstić information content (AvgIpc) is 3.64. The highest BCUT2D eigenvalue weighted by molar-refractivity contribution is 7.90. The van der Waals surface area contributed by atoms with Gasteiger partial charge in [0, 0.05) is 62.9 Å². The smallest absolute Gasteiger partial charge is 0.231 e. The lowest BCUT2D eigenvalue weighted by molar-refractivity contribution is 0.103. The number of fused-ring (bicyclic) bond motifs is 1. The number of likely N-dealkylation sites (N-methyl/N-ethyl adjacent to an activating group) is 1. The summed E-state index contributed by atoms with van der Waals surface area (Å²) in [7, 11) is -1.18. The highest BCUT2D eigenvalue weighted by Crippen LogP contribution is 2.34. The average molecular weight is 619 g/mol. The molecule has 1 saturated carbocycles. The first-order valence-corrected chi connectivity index (χ1v) is 16.5. The zero-order chi connectivity index (χ0) is 30.4. The molecule has 0 bridgehead atoms. The van der Waals surface area contributed by atoms with Crippen molar-refractivity contribution in [1.82, 2.24) is 24.2 Å². The van der Waals surface area contributed by atoms with E-state index in [4.69, 9.17) is 4.98 Å². The third-order valence-corrected chi connectivity index (χ3v) is 11.0. The predicted molar refractivity (Wildman–Crippen MR) is 169 cm³/mol. The standard InChI is InChI=1S/C31H35FN8O3S/c1-38-14-16-39(17-15-38)22-8-6-20(7-9-22)35-31-36-29-27(25(18-33-29)28(41)24-4-2-3-5-26(24)32)30(37-31)34-21-12-13-40(19-21)44(42,43)23-10-11-23/h2-9,18,21,23H,10-17,19H2,1H3,(H3,33,34,35,36,37)/t21-/m0/s1. The fourth-order valence-electron chi connectivity index (χ4n) is 5.96. The first kappa shape index (κ1) is 28.7. The minimum absolute atomic E-state index is 0.0513. The summed E-state index contributed by atoms with van der Waals surface area (Å²) in [6.07, 6.45) is 3.53. The number of aromatic nitrogens is 3.